The van der Waals surface area contributed by atoms with Crippen LogP contribution in [0.25, 0.3) is 10.2 Å². The quantitative estimate of drug-likeness (QED) is 0.755. The van der Waals surface area contributed by atoms with E-state index in [0.717, 1.165) is 15.9 Å². The smallest absolute Gasteiger partial charge is 0.267 e. The van der Waals surface area contributed by atoms with Gasteiger partial charge in [0.1, 0.15) is 9.71 Å². The monoisotopic (exact) mass is 327 g/mol. The fraction of sp³-hybridized carbons (Fsp3) is 0.125. The Balaban J connectivity index is 1.65. The number of nitrogens with two attached hydrogens (primary N) is 1. The van der Waals surface area contributed by atoms with Gasteiger partial charge in [0.25, 0.3) is 5.91 Å². The average molecular weight is 327 g/mol. The molecular weight excluding hydrogens is 314 g/mol. The van der Waals surface area contributed by atoms with Crippen LogP contribution in [0, 0.1) is 6.92 Å². The SMILES string of the molecule is Cc1ccc2c(N)c(C(=O)Nc3ccc4c(c3)OCO4)sc2n1. The highest BCUT2D eigenvalue weighted by Crippen LogP contribution is 2.36. The third-order valence-electron chi connectivity index (χ3n) is 3.57. The lowest BCUT2D eigenvalue weighted by Crippen LogP contribution is -2.11. The van der Waals surface area contributed by atoms with E-state index in [9.17, 15) is 4.79 Å². The van der Waals surface area contributed by atoms with Crippen molar-refractivity contribution in [3.8, 4) is 11.5 Å². The Kier molecular flexibility index (Phi) is 3.09. The Morgan fingerprint density at radius 2 is 2.09 bits per heavy atom. The van der Waals surface area contributed by atoms with E-state index < -0.39 is 0 Å². The van der Waals surface area contributed by atoms with E-state index in [1.807, 2.05) is 19.1 Å². The topological polar surface area (TPSA) is 86.5 Å². The molecule has 0 fully saturated rings. The van der Waals surface area contributed by atoms with Crippen molar-refractivity contribution in [2.75, 3.05) is 17.8 Å². The highest BCUT2D eigenvalue weighted by molar-refractivity contribution is 7.21. The van der Waals surface area contributed by atoms with Gasteiger partial charge in [0.05, 0.1) is 5.69 Å². The maximum atomic E-state index is 12.5. The number of hydrogen-bond acceptors (Lipinski definition) is 6. The number of nitrogens with zero attached hydrogens (tertiary/aromatic N) is 1. The van der Waals surface area contributed by atoms with Crippen molar-refractivity contribution in [1.29, 1.82) is 0 Å². The van der Waals surface area contributed by atoms with E-state index in [4.69, 9.17) is 15.2 Å². The maximum absolute atomic E-state index is 12.5. The number of thiophene rings is 1. The first-order valence-electron chi connectivity index (χ1n) is 6.98. The number of aryl methyl sites for hydroxylation is 1. The lowest BCUT2D eigenvalue weighted by molar-refractivity contribution is 0.103. The molecule has 0 aliphatic carbocycles. The minimum atomic E-state index is -0.262. The third-order valence-corrected chi connectivity index (χ3v) is 4.68. The van der Waals surface area contributed by atoms with Crippen molar-refractivity contribution in [3.63, 3.8) is 0 Å². The summed E-state index contributed by atoms with van der Waals surface area (Å²) in [6, 6.07) is 9.02. The van der Waals surface area contributed by atoms with Gasteiger partial charge in [-0.15, -0.1) is 11.3 Å². The molecule has 3 aromatic rings. The predicted molar refractivity (Wildman–Crippen MR) is 89.3 cm³/mol. The number of ether oxygens (including phenoxy) is 2. The fourth-order valence-electron chi connectivity index (χ4n) is 2.42. The van der Waals surface area contributed by atoms with E-state index in [2.05, 4.69) is 10.3 Å². The molecule has 6 nitrogen and oxygen atoms in total. The van der Waals surface area contributed by atoms with Crippen LogP contribution in [0.4, 0.5) is 11.4 Å². The normalized spacial score (nSPS) is 12.6. The summed E-state index contributed by atoms with van der Waals surface area (Å²) in [7, 11) is 0. The molecule has 0 saturated heterocycles. The molecule has 23 heavy (non-hydrogen) atoms. The molecule has 2 aromatic heterocycles. The van der Waals surface area contributed by atoms with Gasteiger partial charge in [-0.3, -0.25) is 4.79 Å². The lowest BCUT2D eigenvalue weighted by atomic mass is 10.2. The number of rotatable bonds is 2. The second-order valence-corrected chi connectivity index (χ2v) is 6.17. The number of nitrogen functional groups attached to an aromatic ring is 1. The number of pyridine rings is 1. The van der Waals surface area contributed by atoms with Crippen LogP contribution in [0.2, 0.25) is 0 Å². The molecule has 1 amide bonds. The number of anilines is 2. The number of nitrogens with one attached hydrogen (secondary N) is 1. The molecule has 1 aliphatic rings. The minimum Gasteiger partial charge on any atom is -0.454 e. The number of carbonyl (C=O) groups is 1. The van der Waals surface area contributed by atoms with Gasteiger partial charge in [-0.05, 0) is 31.2 Å². The van der Waals surface area contributed by atoms with Crippen LogP contribution in [-0.4, -0.2) is 17.7 Å². The van der Waals surface area contributed by atoms with E-state index in [-0.39, 0.29) is 12.7 Å². The molecule has 0 unspecified atom stereocenters. The van der Waals surface area contributed by atoms with Crippen LogP contribution < -0.4 is 20.5 Å². The van der Waals surface area contributed by atoms with Gasteiger partial charge in [-0.25, -0.2) is 4.98 Å². The van der Waals surface area contributed by atoms with Crippen molar-refractivity contribution >= 4 is 38.8 Å². The zero-order chi connectivity index (χ0) is 16.0. The van der Waals surface area contributed by atoms with Crippen molar-refractivity contribution in [1.82, 2.24) is 4.98 Å². The van der Waals surface area contributed by atoms with Gasteiger partial charge in [0.15, 0.2) is 11.5 Å². The van der Waals surface area contributed by atoms with E-state index >= 15 is 0 Å². The second-order valence-electron chi connectivity index (χ2n) is 5.17. The maximum Gasteiger partial charge on any atom is 0.267 e. The van der Waals surface area contributed by atoms with Crippen molar-refractivity contribution in [2.45, 2.75) is 6.92 Å². The predicted octanol–water partition coefficient (Wildman–Crippen LogP) is 3.17. The van der Waals surface area contributed by atoms with Crippen LogP contribution in [0.1, 0.15) is 15.4 Å². The first-order chi connectivity index (χ1) is 11.1. The number of amides is 1. The van der Waals surface area contributed by atoms with Gasteiger partial charge in [-0.1, -0.05) is 0 Å². The van der Waals surface area contributed by atoms with Crippen LogP contribution in [0.15, 0.2) is 30.3 Å². The van der Waals surface area contributed by atoms with Crippen molar-refractivity contribution in [2.24, 2.45) is 0 Å². The van der Waals surface area contributed by atoms with Gasteiger partial charge in [0.2, 0.25) is 6.79 Å². The summed E-state index contributed by atoms with van der Waals surface area (Å²) in [5.74, 6) is 1.02. The number of carbonyl (C=O) groups excluding carboxylic acids is 1. The van der Waals surface area contributed by atoms with E-state index in [0.29, 0.717) is 27.8 Å². The van der Waals surface area contributed by atoms with Crippen LogP contribution >= 0.6 is 11.3 Å². The van der Waals surface area contributed by atoms with E-state index in [1.165, 1.54) is 11.3 Å². The van der Waals surface area contributed by atoms with Crippen LogP contribution in [0.5, 0.6) is 11.5 Å². The molecular formula is C16H13N3O3S. The Morgan fingerprint density at radius 1 is 1.26 bits per heavy atom. The molecule has 116 valence electrons. The molecule has 0 spiro atoms. The van der Waals surface area contributed by atoms with Crippen molar-refractivity contribution in [3.05, 3.63) is 40.9 Å². The molecule has 1 aliphatic heterocycles. The Labute approximate surface area is 135 Å². The zero-order valence-corrected chi connectivity index (χ0v) is 13.1. The highest BCUT2D eigenvalue weighted by Gasteiger charge is 2.19. The summed E-state index contributed by atoms with van der Waals surface area (Å²) in [5.41, 5.74) is 8.07. The molecule has 0 saturated carbocycles. The number of fused-ring (bicyclic) bond motifs is 2. The number of benzene rings is 1. The Hall–Kier alpha value is -2.80. The van der Waals surface area contributed by atoms with Crippen LogP contribution in [0.3, 0.4) is 0 Å². The molecule has 3 heterocycles. The molecule has 4 rings (SSSR count). The zero-order valence-electron chi connectivity index (χ0n) is 12.3. The van der Waals surface area contributed by atoms with Crippen LogP contribution in [-0.2, 0) is 0 Å². The molecule has 0 radical (unpaired) electrons. The van der Waals surface area contributed by atoms with Gasteiger partial charge < -0.3 is 20.5 Å². The number of aromatic nitrogens is 1. The first kappa shape index (κ1) is 13.8. The summed E-state index contributed by atoms with van der Waals surface area (Å²) >= 11 is 1.29. The fourth-order valence-corrected chi connectivity index (χ4v) is 3.46. The molecule has 0 bridgehead atoms. The largest absolute Gasteiger partial charge is 0.454 e. The second kappa shape index (κ2) is 5.13. The summed E-state index contributed by atoms with van der Waals surface area (Å²) in [6.07, 6.45) is 0. The highest BCUT2D eigenvalue weighted by atomic mass is 32.1. The van der Waals surface area contributed by atoms with Gasteiger partial charge >= 0.3 is 0 Å². The van der Waals surface area contributed by atoms with Crippen molar-refractivity contribution < 1.29 is 14.3 Å². The summed E-state index contributed by atoms with van der Waals surface area (Å²) in [4.78, 5) is 18.1. The first-order valence-corrected chi connectivity index (χ1v) is 7.80. The average Bonchev–Trinajstić information content (AvgIpc) is 3.11. The van der Waals surface area contributed by atoms with E-state index in [1.54, 1.807) is 18.2 Å². The molecule has 0 atom stereocenters. The minimum absolute atomic E-state index is 0.195. The summed E-state index contributed by atoms with van der Waals surface area (Å²) in [6.45, 7) is 2.10. The van der Waals surface area contributed by atoms with Gasteiger partial charge in [0, 0.05) is 22.8 Å². The standard InChI is InChI=1S/C16H13N3O3S/c1-8-2-4-10-13(17)14(23-16(10)18-8)15(20)19-9-3-5-11-12(6-9)22-7-21-11/h2-6H,7,17H2,1H3,(H,19,20). The molecule has 1 aromatic carbocycles. The van der Waals surface area contributed by atoms with Gasteiger partial charge in [-0.2, -0.15) is 0 Å². The number of hydrogen-bond donors (Lipinski definition) is 2. The Morgan fingerprint density at radius 3 is 2.96 bits per heavy atom. The lowest BCUT2D eigenvalue weighted by Gasteiger charge is -2.05. The molecule has 3 N–H and O–H groups in total. The summed E-state index contributed by atoms with van der Waals surface area (Å²) < 4.78 is 10.6. The molecule has 7 heteroatoms. The third kappa shape index (κ3) is 2.35. The summed E-state index contributed by atoms with van der Waals surface area (Å²) in [5, 5.41) is 3.63. The Bertz CT molecular complexity index is 936.